The zero-order valence-electron chi connectivity index (χ0n) is 12.2. The minimum atomic E-state index is -4.56. The molecule has 0 bridgehead atoms. The smallest absolute Gasteiger partial charge is 0.420 e. The number of nitrogens with zero attached hydrogens (tertiary/aromatic N) is 1. The summed E-state index contributed by atoms with van der Waals surface area (Å²) in [5.74, 6) is -1.15. The van der Waals surface area contributed by atoms with Gasteiger partial charge in [0.25, 0.3) is 0 Å². The summed E-state index contributed by atoms with van der Waals surface area (Å²) >= 11 is 0. The summed E-state index contributed by atoms with van der Waals surface area (Å²) in [7, 11) is 0. The molecule has 1 aromatic rings. The van der Waals surface area contributed by atoms with Gasteiger partial charge in [0.1, 0.15) is 6.61 Å². The van der Waals surface area contributed by atoms with Crippen LogP contribution in [-0.2, 0) is 15.8 Å². The lowest BCUT2D eigenvalue weighted by Crippen LogP contribution is -2.40. The van der Waals surface area contributed by atoms with Gasteiger partial charge >= 0.3 is 6.18 Å². The molecule has 2 rings (SSSR count). The molecule has 0 fully saturated rings. The SMILES string of the molecule is C=CC(=O)NCCC(=O)N1CCOc2c1cccc2C(F)(F)F. The van der Waals surface area contributed by atoms with Crippen LogP contribution >= 0.6 is 0 Å². The van der Waals surface area contributed by atoms with Crippen LogP contribution in [0.25, 0.3) is 0 Å². The molecule has 8 heteroatoms. The predicted molar refractivity (Wildman–Crippen MR) is 77.1 cm³/mol. The number of hydrogen-bond acceptors (Lipinski definition) is 3. The minimum Gasteiger partial charge on any atom is -0.489 e. The van der Waals surface area contributed by atoms with Gasteiger partial charge < -0.3 is 15.0 Å². The second-order valence-electron chi connectivity index (χ2n) is 4.79. The van der Waals surface area contributed by atoms with E-state index in [1.807, 2.05) is 0 Å². The highest BCUT2D eigenvalue weighted by Gasteiger charge is 2.38. The average molecular weight is 328 g/mol. The lowest BCUT2D eigenvalue weighted by molar-refractivity contribution is -0.139. The molecule has 1 aliphatic heterocycles. The monoisotopic (exact) mass is 328 g/mol. The van der Waals surface area contributed by atoms with Gasteiger partial charge in [0, 0.05) is 13.0 Å². The quantitative estimate of drug-likeness (QED) is 0.862. The second-order valence-corrected chi connectivity index (χ2v) is 4.79. The number of halogens is 3. The Hall–Kier alpha value is -2.51. The van der Waals surface area contributed by atoms with Crippen molar-refractivity contribution < 1.29 is 27.5 Å². The van der Waals surface area contributed by atoms with Crippen LogP contribution in [0.2, 0.25) is 0 Å². The summed E-state index contributed by atoms with van der Waals surface area (Å²) in [5, 5.41) is 2.45. The zero-order chi connectivity index (χ0) is 17.0. The fraction of sp³-hybridized carbons (Fsp3) is 0.333. The number of alkyl halides is 3. The summed E-state index contributed by atoms with van der Waals surface area (Å²) in [5.41, 5.74) is -0.821. The summed E-state index contributed by atoms with van der Waals surface area (Å²) in [6, 6.07) is 3.55. The number of para-hydroxylation sites is 1. The minimum absolute atomic E-state index is 0.0230. The number of benzene rings is 1. The van der Waals surface area contributed by atoms with Crippen molar-refractivity contribution in [3.05, 3.63) is 36.4 Å². The Labute approximate surface area is 130 Å². The highest BCUT2D eigenvalue weighted by atomic mass is 19.4. The maximum absolute atomic E-state index is 13.0. The molecule has 0 aromatic heterocycles. The normalized spacial score (nSPS) is 13.8. The molecule has 1 aromatic carbocycles. The molecule has 0 saturated heterocycles. The first kappa shape index (κ1) is 16.9. The Bertz CT molecular complexity index is 629. The maximum atomic E-state index is 13.0. The van der Waals surface area contributed by atoms with Crippen LogP contribution < -0.4 is 15.0 Å². The molecule has 5 nitrogen and oxygen atoms in total. The maximum Gasteiger partial charge on any atom is 0.420 e. The Morgan fingerprint density at radius 1 is 1.39 bits per heavy atom. The van der Waals surface area contributed by atoms with Gasteiger partial charge in [-0.25, -0.2) is 0 Å². The number of amides is 2. The van der Waals surface area contributed by atoms with E-state index in [4.69, 9.17) is 4.74 Å². The van der Waals surface area contributed by atoms with Crippen molar-refractivity contribution in [3.63, 3.8) is 0 Å². The molecule has 1 N–H and O–H groups in total. The van der Waals surface area contributed by atoms with E-state index < -0.39 is 23.6 Å². The number of carbonyl (C=O) groups is 2. The van der Waals surface area contributed by atoms with E-state index in [-0.39, 0.29) is 37.6 Å². The highest BCUT2D eigenvalue weighted by molar-refractivity contribution is 5.96. The van der Waals surface area contributed by atoms with Gasteiger partial charge in [-0.1, -0.05) is 12.6 Å². The van der Waals surface area contributed by atoms with Crippen LogP contribution in [0.15, 0.2) is 30.9 Å². The molecule has 0 atom stereocenters. The summed E-state index contributed by atoms with van der Waals surface area (Å²) in [6.45, 7) is 3.49. The van der Waals surface area contributed by atoms with Gasteiger partial charge in [0.05, 0.1) is 17.8 Å². The highest BCUT2D eigenvalue weighted by Crippen LogP contribution is 2.43. The van der Waals surface area contributed by atoms with Crippen molar-refractivity contribution in [2.45, 2.75) is 12.6 Å². The van der Waals surface area contributed by atoms with Crippen molar-refractivity contribution in [2.24, 2.45) is 0 Å². The first-order valence-electron chi connectivity index (χ1n) is 6.88. The molecular formula is C15H15F3N2O3. The van der Waals surface area contributed by atoms with E-state index >= 15 is 0 Å². The molecule has 0 saturated carbocycles. The molecule has 0 unspecified atom stereocenters. The van der Waals surface area contributed by atoms with Crippen molar-refractivity contribution in [1.82, 2.24) is 5.32 Å². The Morgan fingerprint density at radius 3 is 2.78 bits per heavy atom. The molecule has 0 aliphatic carbocycles. The van der Waals surface area contributed by atoms with Crippen LogP contribution in [0.4, 0.5) is 18.9 Å². The number of ether oxygens (including phenoxy) is 1. The summed E-state index contributed by atoms with van der Waals surface area (Å²) in [6.07, 6.45) is -3.52. The number of fused-ring (bicyclic) bond motifs is 1. The van der Waals surface area contributed by atoms with Crippen molar-refractivity contribution >= 4 is 17.5 Å². The van der Waals surface area contributed by atoms with Crippen LogP contribution in [0.1, 0.15) is 12.0 Å². The molecule has 1 aliphatic rings. The fourth-order valence-electron chi connectivity index (χ4n) is 2.23. The van der Waals surface area contributed by atoms with E-state index in [1.54, 1.807) is 0 Å². The Kier molecular flexibility index (Phi) is 4.92. The standard InChI is InChI=1S/C15H15F3N2O3/c1-2-12(21)19-7-6-13(22)20-8-9-23-14-10(15(16,17)18)4-3-5-11(14)20/h2-5H,1,6-9H2,(H,19,21). The molecule has 0 spiro atoms. The second kappa shape index (κ2) is 6.72. The first-order valence-corrected chi connectivity index (χ1v) is 6.88. The molecule has 2 amide bonds. The van der Waals surface area contributed by atoms with Crippen LogP contribution in [0.3, 0.4) is 0 Å². The van der Waals surface area contributed by atoms with Gasteiger partial charge in [-0.15, -0.1) is 0 Å². The molecule has 0 radical (unpaired) electrons. The lowest BCUT2D eigenvalue weighted by atomic mass is 10.1. The van der Waals surface area contributed by atoms with Crippen molar-refractivity contribution in [2.75, 3.05) is 24.6 Å². The van der Waals surface area contributed by atoms with E-state index in [0.717, 1.165) is 12.1 Å². The van der Waals surface area contributed by atoms with Gasteiger partial charge in [-0.3, -0.25) is 9.59 Å². The van der Waals surface area contributed by atoms with Crippen LogP contribution in [-0.4, -0.2) is 31.5 Å². The number of hydrogen-bond donors (Lipinski definition) is 1. The van der Waals surface area contributed by atoms with E-state index in [1.165, 1.54) is 17.0 Å². The first-order chi connectivity index (χ1) is 10.8. The van der Waals surface area contributed by atoms with Gasteiger partial charge in [0.2, 0.25) is 11.8 Å². The zero-order valence-corrected chi connectivity index (χ0v) is 12.2. The molecule has 1 heterocycles. The van der Waals surface area contributed by atoms with Crippen molar-refractivity contribution in [3.8, 4) is 5.75 Å². The third-order valence-electron chi connectivity index (χ3n) is 3.28. The summed E-state index contributed by atoms with van der Waals surface area (Å²) in [4.78, 5) is 24.5. The molecule has 23 heavy (non-hydrogen) atoms. The third-order valence-corrected chi connectivity index (χ3v) is 3.28. The predicted octanol–water partition coefficient (Wildman–Crippen LogP) is 2.12. The number of anilines is 1. The van der Waals surface area contributed by atoms with Gasteiger partial charge in [-0.05, 0) is 18.2 Å². The summed E-state index contributed by atoms with van der Waals surface area (Å²) < 4.78 is 44.1. The van der Waals surface area contributed by atoms with Crippen LogP contribution in [0.5, 0.6) is 5.75 Å². The van der Waals surface area contributed by atoms with E-state index in [9.17, 15) is 22.8 Å². The number of nitrogens with one attached hydrogen (secondary N) is 1. The Morgan fingerprint density at radius 2 is 2.13 bits per heavy atom. The topological polar surface area (TPSA) is 58.6 Å². The van der Waals surface area contributed by atoms with E-state index in [0.29, 0.717) is 0 Å². The number of carbonyl (C=O) groups excluding carboxylic acids is 2. The Balaban J connectivity index is 2.17. The third kappa shape index (κ3) is 3.82. The molecule has 124 valence electrons. The van der Waals surface area contributed by atoms with Gasteiger partial charge in [-0.2, -0.15) is 13.2 Å². The van der Waals surface area contributed by atoms with Crippen molar-refractivity contribution in [1.29, 1.82) is 0 Å². The van der Waals surface area contributed by atoms with Gasteiger partial charge in [0.15, 0.2) is 5.75 Å². The van der Waals surface area contributed by atoms with E-state index in [2.05, 4.69) is 11.9 Å². The number of rotatable bonds is 4. The lowest BCUT2D eigenvalue weighted by Gasteiger charge is -2.31. The average Bonchev–Trinajstić information content (AvgIpc) is 2.52. The van der Waals surface area contributed by atoms with Crippen LogP contribution in [0, 0.1) is 0 Å². The largest absolute Gasteiger partial charge is 0.489 e. The molecular weight excluding hydrogens is 313 g/mol. The fourth-order valence-corrected chi connectivity index (χ4v) is 2.23.